The van der Waals surface area contributed by atoms with Gasteiger partial charge in [-0.2, -0.15) is 0 Å². The largest absolute Gasteiger partial charge is 0.497 e. The average Bonchev–Trinajstić information content (AvgIpc) is 2.70. The van der Waals surface area contributed by atoms with Crippen LogP contribution in [0.15, 0.2) is 53.4 Å². The number of likely N-dealkylation sites (N-methyl/N-ethyl adjacent to an activating group) is 1. The van der Waals surface area contributed by atoms with Crippen LogP contribution in [0.25, 0.3) is 0 Å². The van der Waals surface area contributed by atoms with Gasteiger partial charge in [-0.1, -0.05) is 12.1 Å². The molecule has 0 fully saturated rings. The van der Waals surface area contributed by atoms with E-state index in [0.717, 1.165) is 22.1 Å². The first-order valence-electron chi connectivity index (χ1n) is 8.62. The Morgan fingerprint density at radius 2 is 1.92 bits per heavy atom. The number of carbonyl (C=O) groups excluding carboxylic acids is 1. The van der Waals surface area contributed by atoms with Gasteiger partial charge in [0.05, 0.1) is 19.4 Å². The summed E-state index contributed by atoms with van der Waals surface area (Å²) in [6.07, 6.45) is -0.153. The molecule has 0 radical (unpaired) electrons. The normalized spacial score (nSPS) is 15.4. The van der Waals surface area contributed by atoms with E-state index in [9.17, 15) is 4.79 Å². The molecule has 0 aromatic heterocycles. The maximum Gasteiger partial charge on any atom is 0.233 e. The molecule has 1 amide bonds. The molecule has 138 valence electrons. The monoisotopic (exact) mass is 373 g/mol. The van der Waals surface area contributed by atoms with Gasteiger partial charge in [0.1, 0.15) is 12.4 Å². The Morgan fingerprint density at radius 3 is 2.62 bits per heavy atom. The number of ether oxygens (including phenoxy) is 3. The van der Waals surface area contributed by atoms with Crippen molar-refractivity contribution in [2.45, 2.75) is 17.9 Å². The number of amides is 1. The Labute approximate surface area is 158 Å². The molecule has 1 aliphatic rings. The Balaban J connectivity index is 1.52. The number of nitrogens with zero attached hydrogens (tertiary/aromatic N) is 1. The SMILES string of the molecule is CCN(C[C@H]1COc2ccccc2O1)C(=O)CSc1ccc(OC)cc1. The molecule has 26 heavy (non-hydrogen) atoms. The molecule has 0 bridgehead atoms. The minimum atomic E-state index is -0.153. The van der Waals surface area contributed by atoms with Crippen molar-refractivity contribution in [2.24, 2.45) is 0 Å². The standard InChI is InChI=1S/C20H23NO4S/c1-3-21(12-16-13-24-18-6-4-5-7-19(18)25-16)20(22)14-26-17-10-8-15(23-2)9-11-17/h4-11,16H,3,12-14H2,1-2H3/t16-/m0/s1. The van der Waals surface area contributed by atoms with Crippen molar-refractivity contribution in [1.29, 1.82) is 0 Å². The number of carbonyl (C=O) groups is 1. The van der Waals surface area contributed by atoms with Gasteiger partial charge in [0.2, 0.25) is 5.91 Å². The highest BCUT2D eigenvalue weighted by Gasteiger charge is 2.24. The molecular weight excluding hydrogens is 350 g/mol. The van der Waals surface area contributed by atoms with Crippen LogP contribution < -0.4 is 14.2 Å². The lowest BCUT2D eigenvalue weighted by atomic mass is 10.2. The summed E-state index contributed by atoms with van der Waals surface area (Å²) < 4.78 is 16.8. The molecule has 1 aliphatic heterocycles. The number of fused-ring (bicyclic) bond motifs is 1. The van der Waals surface area contributed by atoms with Crippen LogP contribution in [-0.2, 0) is 4.79 Å². The lowest BCUT2D eigenvalue weighted by molar-refractivity contribution is -0.129. The summed E-state index contributed by atoms with van der Waals surface area (Å²) in [5.74, 6) is 2.79. The van der Waals surface area contributed by atoms with Crippen molar-refractivity contribution in [3.05, 3.63) is 48.5 Å². The summed E-state index contributed by atoms with van der Waals surface area (Å²) in [5, 5.41) is 0. The molecule has 0 saturated heterocycles. The molecule has 0 spiro atoms. The van der Waals surface area contributed by atoms with Crippen molar-refractivity contribution in [2.75, 3.05) is 32.6 Å². The van der Waals surface area contributed by atoms with Crippen LogP contribution >= 0.6 is 11.8 Å². The Hall–Kier alpha value is -2.34. The van der Waals surface area contributed by atoms with E-state index in [0.29, 0.717) is 25.4 Å². The van der Waals surface area contributed by atoms with Crippen LogP contribution in [0.1, 0.15) is 6.92 Å². The molecule has 3 rings (SSSR count). The van der Waals surface area contributed by atoms with Crippen LogP contribution in [-0.4, -0.2) is 49.5 Å². The third-order valence-electron chi connectivity index (χ3n) is 4.15. The number of methoxy groups -OCH3 is 1. The van der Waals surface area contributed by atoms with E-state index in [-0.39, 0.29) is 12.0 Å². The molecule has 0 unspecified atom stereocenters. The fourth-order valence-electron chi connectivity index (χ4n) is 2.71. The summed E-state index contributed by atoms with van der Waals surface area (Å²) in [7, 11) is 1.64. The molecule has 2 aromatic rings. The lowest BCUT2D eigenvalue weighted by Gasteiger charge is -2.30. The Morgan fingerprint density at radius 1 is 1.19 bits per heavy atom. The highest BCUT2D eigenvalue weighted by Crippen LogP contribution is 2.31. The van der Waals surface area contributed by atoms with Crippen molar-refractivity contribution >= 4 is 17.7 Å². The molecule has 1 heterocycles. The van der Waals surface area contributed by atoms with Crippen LogP contribution in [0.3, 0.4) is 0 Å². The summed E-state index contributed by atoms with van der Waals surface area (Å²) in [4.78, 5) is 15.4. The summed E-state index contributed by atoms with van der Waals surface area (Å²) >= 11 is 1.52. The summed E-state index contributed by atoms with van der Waals surface area (Å²) in [6, 6.07) is 15.3. The van der Waals surface area contributed by atoms with Crippen molar-refractivity contribution in [3.63, 3.8) is 0 Å². The fourth-order valence-corrected chi connectivity index (χ4v) is 3.52. The average molecular weight is 373 g/mol. The highest BCUT2D eigenvalue weighted by molar-refractivity contribution is 8.00. The second-order valence-corrected chi connectivity index (χ2v) is 6.94. The smallest absolute Gasteiger partial charge is 0.233 e. The minimum absolute atomic E-state index is 0.0933. The third-order valence-corrected chi connectivity index (χ3v) is 5.14. The molecule has 0 aliphatic carbocycles. The molecule has 1 atom stereocenters. The fraction of sp³-hybridized carbons (Fsp3) is 0.350. The van der Waals surface area contributed by atoms with Gasteiger partial charge in [0.15, 0.2) is 17.6 Å². The van der Waals surface area contributed by atoms with Crippen LogP contribution in [0.2, 0.25) is 0 Å². The second kappa shape index (κ2) is 8.85. The third kappa shape index (κ3) is 4.64. The topological polar surface area (TPSA) is 48.0 Å². The van der Waals surface area contributed by atoms with E-state index < -0.39 is 0 Å². The predicted molar refractivity (Wildman–Crippen MR) is 102 cm³/mol. The molecule has 2 aromatic carbocycles. The second-order valence-electron chi connectivity index (χ2n) is 5.89. The van der Waals surface area contributed by atoms with E-state index in [4.69, 9.17) is 14.2 Å². The van der Waals surface area contributed by atoms with Crippen LogP contribution in [0, 0.1) is 0 Å². The number of para-hydroxylation sites is 2. The summed E-state index contributed by atoms with van der Waals surface area (Å²) in [6.45, 7) is 3.59. The van der Waals surface area contributed by atoms with Gasteiger partial charge in [-0.25, -0.2) is 0 Å². The Kier molecular flexibility index (Phi) is 6.28. The van der Waals surface area contributed by atoms with Gasteiger partial charge in [-0.3, -0.25) is 4.79 Å². The number of rotatable bonds is 7. The number of hydrogen-bond donors (Lipinski definition) is 0. The zero-order valence-electron chi connectivity index (χ0n) is 15.0. The number of hydrogen-bond acceptors (Lipinski definition) is 5. The zero-order valence-corrected chi connectivity index (χ0v) is 15.8. The first-order valence-corrected chi connectivity index (χ1v) is 9.61. The first-order chi connectivity index (χ1) is 12.7. The first kappa shape index (κ1) is 18.5. The maximum atomic E-state index is 12.6. The molecular formula is C20H23NO4S. The van der Waals surface area contributed by atoms with E-state index in [2.05, 4.69) is 0 Å². The van der Waals surface area contributed by atoms with Crippen molar-refractivity contribution in [3.8, 4) is 17.2 Å². The van der Waals surface area contributed by atoms with Gasteiger partial charge >= 0.3 is 0 Å². The van der Waals surface area contributed by atoms with Gasteiger partial charge in [-0.05, 0) is 43.3 Å². The predicted octanol–water partition coefficient (Wildman–Crippen LogP) is 3.48. The van der Waals surface area contributed by atoms with Gasteiger partial charge in [0.25, 0.3) is 0 Å². The van der Waals surface area contributed by atoms with Gasteiger partial charge in [-0.15, -0.1) is 11.8 Å². The lowest BCUT2D eigenvalue weighted by Crippen LogP contribution is -2.44. The summed E-state index contributed by atoms with van der Waals surface area (Å²) in [5.41, 5.74) is 0. The number of thioether (sulfide) groups is 1. The quantitative estimate of drug-likeness (QED) is 0.696. The van der Waals surface area contributed by atoms with E-state index in [1.807, 2.05) is 60.4 Å². The van der Waals surface area contributed by atoms with Crippen LogP contribution in [0.5, 0.6) is 17.2 Å². The Bertz CT molecular complexity index is 735. The number of benzene rings is 2. The molecule has 6 heteroatoms. The van der Waals surface area contributed by atoms with E-state index >= 15 is 0 Å². The van der Waals surface area contributed by atoms with Crippen molar-refractivity contribution < 1.29 is 19.0 Å². The minimum Gasteiger partial charge on any atom is -0.497 e. The highest BCUT2D eigenvalue weighted by atomic mass is 32.2. The van der Waals surface area contributed by atoms with Crippen molar-refractivity contribution in [1.82, 2.24) is 4.90 Å². The van der Waals surface area contributed by atoms with Crippen LogP contribution in [0.4, 0.5) is 0 Å². The molecule has 0 N–H and O–H groups in total. The molecule has 5 nitrogen and oxygen atoms in total. The maximum absolute atomic E-state index is 12.6. The van der Waals surface area contributed by atoms with Gasteiger partial charge < -0.3 is 19.1 Å². The van der Waals surface area contributed by atoms with Gasteiger partial charge in [0, 0.05) is 11.4 Å². The zero-order chi connectivity index (χ0) is 18.4. The molecule has 0 saturated carbocycles. The van der Waals surface area contributed by atoms with E-state index in [1.54, 1.807) is 7.11 Å². The van der Waals surface area contributed by atoms with E-state index in [1.165, 1.54) is 11.8 Å².